The van der Waals surface area contributed by atoms with Gasteiger partial charge in [0.05, 0.1) is 25.6 Å². The van der Waals surface area contributed by atoms with Crippen molar-refractivity contribution >= 4 is 16.9 Å². The molecule has 0 aliphatic heterocycles. The molecule has 7 nitrogen and oxygen atoms in total. The normalized spacial score (nSPS) is 11.9. The largest absolute Gasteiger partial charge is 0.546 e. The number of aryl methyl sites for hydroxylation is 2. The Morgan fingerprint density at radius 1 is 1.03 bits per heavy atom. The lowest BCUT2D eigenvalue weighted by Gasteiger charge is -2.18. The molecular weight excluding hydrogens is 376 g/mol. The first-order chi connectivity index (χ1) is 13.8. The van der Waals surface area contributed by atoms with Crippen molar-refractivity contribution in [2.24, 2.45) is 0 Å². The second kappa shape index (κ2) is 7.87. The van der Waals surface area contributed by atoms with Crippen LogP contribution >= 0.6 is 0 Å². The molecule has 29 heavy (non-hydrogen) atoms. The minimum atomic E-state index is -1.44. The fourth-order valence-electron chi connectivity index (χ4n) is 2.93. The van der Waals surface area contributed by atoms with Gasteiger partial charge in [-0.25, -0.2) is 0 Å². The number of ether oxygens (including phenoxy) is 3. The van der Waals surface area contributed by atoms with Crippen LogP contribution in [0.15, 0.2) is 39.5 Å². The lowest BCUT2D eigenvalue weighted by Crippen LogP contribution is -2.38. The van der Waals surface area contributed by atoms with Crippen LogP contribution in [0, 0.1) is 13.8 Å². The Balaban J connectivity index is 2.32. The Kier molecular flexibility index (Phi) is 5.50. The number of carboxylic acid groups (broad SMARTS) is 1. The highest BCUT2D eigenvalue weighted by Crippen LogP contribution is 2.37. The van der Waals surface area contributed by atoms with E-state index in [1.54, 1.807) is 30.3 Å². The third kappa shape index (κ3) is 3.76. The molecule has 0 N–H and O–H groups in total. The number of rotatable bonds is 6. The molecule has 0 saturated heterocycles. The molecule has 0 amide bonds. The van der Waals surface area contributed by atoms with Crippen LogP contribution in [0.1, 0.15) is 18.1 Å². The molecule has 0 bridgehead atoms. The Labute approximate surface area is 167 Å². The Bertz CT molecular complexity index is 1140. The van der Waals surface area contributed by atoms with Crippen LogP contribution in [0.3, 0.4) is 0 Å². The Hall–Kier alpha value is -3.48. The van der Waals surface area contributed by atoms with E-state index < -0.39 is 17.5 Å². The van der Waals surface area contributed by atoms with Crippen molar-refractivity contribution in [2.45, 2.75) is 26.9 Å². The number of methoxy groups -OCH3 is 2. The highest BCUT2D eigenvalue weighted by molar-refractivity contribution is 5.84. The molecule has 0 aliphatic rings. The third-order valence-electron chi connectivity index (χ3n) is 4.74. The van der Waals surface area contributed by atoms with E-state index in [0.717, 1.165) is 11.1 Å². The number of aliphatic carboxylic acids is 1. The molecule has 1 heterocycles. The van der Waals surface area contributed by atoms with Crippen molar-refractivity contribution in [3.8, 4) is 28.6 Å². The molecule has 152 valence electrons. The summed E-state index contributed by atoms with van der Waals surface area (Å²) in [6, 6.07) is 8.42. The Morgan fingerprint density at radius 2 is 1.69 bits per heavy atom. The molecule has 0 spiro atoms. The first kappa shape index (κ1) is 20.3. The second-order valence-electron chi connectivity index (χ2n) is 6.67. The maximum absolute atomic E-state index is 13.2. The van der Waals surface area contributed by atoms with Gasteiger partial charge in [-0.3, -0.25) is 4.79 Å². The van der Waals surface area contributed by atoms with E-state index in [1.165, 1.54) is 21.1 Å². The van der Waals surface area contributed by atoms with Gasteiger partial charge >= 0.3 is 0 Å². The molecule has 0 fully saturated rings. The molecule has 0 saturated carbocycles. The predicted molar refractivity (Wildman–Crippen MR) is 106 cm³/mol. The van der Waals surface area contributed by atoms with E-state index in [0.29, 0.717) is 28.0 Å². The third-order valence-corrected chi connectivity index (χ3v) is 4.74. The smallest absolute Gasteiger partial charge is 0.235 e. The van der Waals surface area contributed by atoms with Crippen molar-refractivity contribution in [1.29, 1.82) is 0 Å². The number of benzene rings is 2. The quantitative estimate of drug-likeness (QED) is 0.630. The molecule has 0 unspecified atom stereocenters. The van der Waals surface area contributed by atoms with Gasteiger partial charge in [-0.05, 0) is 62.2 Å². The van der Waals surface area contributed by atoms with Crippen molar-refractivity contribution < 1.29 is 28.5 Å². The predicted octanol–water partition coefficient (Wildman–Crippen LogP) is 2.61. The minimum Gasteiger partial charge on any atom is -0.546 e. The van der Waals surface area contributed by atoms with Crippen molar-refractivity contribution in [3.05, 3.63) is 51.7 Å². The summed E-state index contributed by atoms with van der Waals surface area (Å²) in [5.74, 6) is -0.629. The zero-order chi connectivity index (χ0) is 21.3. The Morgan fingerprint density at radius 3 is 2.31 bits per heavy atom. The minimum absolute atomic E-state index is 0.0970. The molecule has 0 radical (unpaired) electrons. The average molecular weight is 397 g/mol. The summed E-state index contributed by atoms with van der Waals surface area (Å²) in [7, 11) is 2.99. The summed E-state index contributed by atoms with van der Waals surface area (Å²) in [6.45, 7) is 5.08. The summed E-state index contributed by atoms with van der Waals surface area (Å²) in [4.78, 5) is 24.4. The molecule has 3 aromatic rings. The molecule has 2 aromatic carbocycles. The maximum Gasteiger partial charge on any atom is 0.235 e. The van der Waals surface area contributed by atoms with Gasteiger partial charge < -0.3 is 28.5 Å². The molecule has 1 aromatic heterocycles. The number of carboxylic acids is 1. The van der Waals surface area contributed by atoms with E-state index >= 15 is 0 Å². The van der Waals surface area contributed by atoms with Crippen LogP contribution in [0.4, 0.5) is 0 Å². The van der Waals surface area contributed by atoms with E-state index in [1.807, 2.05) is 13.8 Å². The van der Waals surface area contributed by atoms with Gasteiger partial charge in [-0.1, -0.05) is 0 Å². The zero-order valence-corrected chi connectivity index (χ0v) is 16.8. The summed E-state index contributed by atoms with van der Waals surface area (Å²) in [5.41, 5.74) is 2.24. The lowest BCUT2D eigenvalue weighted by molar-refractivity contribution is -0.312. The fourth-order valence-corrected chi connectivity index (χ4v) is 2.93. The highest BCUT2D eigenvalue weighted by atomic mass is 16.5. The summed E-state index contributed by atoms with van der Waals surface area (Å²) in [6.07, 6.45) is -1.35. The number of carbonyl (C=O) groups excluding carboxylic acids is 1. The highest BCUT2D eigenvalue weighted by Gasteiger charge is 2.22. The lowest BCUT2D eigenvalue weighted by atomic mass is 10.0. The van der Waals surface area contributed by atoms with Crippen LogP contribution in [0.5, 0.6) is 17.2 Å². The molecule has 3 rings (SSSR count). The van der Waals surface area contributed by atoms with Gasteiger partial charge in [0.1, 0.15) is 11.7 Å². The second-order valence-corrected chi connectivity index (χ2v) is 6.67. The van der Waals surface area contributed by atoms with Crippen LogP contribution in [0.25, 0.3) is 22.3 Å². The van der Waals surface area contributed by atoms with Gasteiger partial charge in [0.15, 0.2) is 17.3 Å². The molecule has 7 heteroatoms. The van der Waals surface area contributed by atoms with Gasteiger partial charge in [-0.2, -0.15) is 0 Å². The van der Waals surface area contributed by atoms with E-state index in [2.05, 4.69) is 0 Å². The van der Waals surface area contributed by atoms with Gasteiger partial charge in [0, 0.05) is 5.56 Å². The average Bonchev–Trinajstić information content (AvgIpc) is 2.70. The SMILES string of the molecule is COc1ccc(-c2oc3cc(C)c(C)cc3c(=O)c2O[C@@H](C)C(=O)[O-])cc1OC. The first-order valence-electron chi connectivity index (χ1n) is 8.94. The van der Waals surface area contributed by atoms with Crippen LogP contribution in [0.2, 0.25) is 0 Å². The number of fused-ring (bicyclic) bond motifs is 1. The van der Waals surface area contributed by atoms with Crippen LogP contribution in [-0.2, 0) is 4.79 Å². The van der Waals surface area contributed by atoms with Gasteiger partial charge in [0.25, 0.3) is 0 Å². The summed E-state index contributed by atoms with van der Waals surface area (Å²) < 4.78 is 22.0. The van der Waals surface area contributed by atoms with Crippen molar-refractivity contribution in [2.75, 3.05) is 14.2 Å². The zero-order valence-electron chi connectivity index (χ0n) is 16.8. The summed E-state index contributed by atoms with van der Waals surface area (Å²) >= 11 is 0. The van der Waals surface area contributed by atoms with E-state index in [-0.39, 0.29) is 11.5 Å². The number of hydrogen-bond acceptors (Lipinski definition) is 7. The maximum atomic E-state index is 13.2. The number of hydrogen-bond donors (Lipinski definition) is 0. The van der Waals surface area contributed by atoms with Crippen molar-refractivity contribution in [1.82, 2.24) is 0 Å². The van der Waals surface area contributed by atoms with Crippen LogP contribution in [-0.4, -0.2) is 26.3 Å². The van der Waals surface area contributed by atoms with Crippen molar-refractivity contribution in [3.63, 3.8) is 0 Å². The van der Waals surface area contributed by atoms with E-state index in [4.69, 9.17) is 18.6 Å². The van der Waals surface area contributed by atoms with Gasteiger partial charge in [-0.15, -0.1) is 0 Å². The topological polar surface area (TPSA) is 98.0 Å². The summed E-state index contributed by atoms with van der Waals surface area (Å²) in [5, 5.41) is 11.5. The van der Waals surface area contributed by atoms with Gasteiger partial charge in [0.2, 0.25) is 11.2 Å². The standard InChI is InChI=1S/C22H22O7/c1-11-8-15-17(9-12(11)2)29-20(21(19(15)23)28-13(3)22(24)25)14-6-7-16(26-4)18(10-14)27-5/h6-10,13H,1-5H3,(H,24,25)/p-1/t13-/m0/s1. The first-order valence-corrected chi connectivity index (χ1v) is 8.94. The fraction of sp³-hybridized carbons (Fsp3) is 0.273. The molecular formula is C22H21O7-. The van der Waals surface area contributed by atoms with E-state index in [9.17, 15) is 14.7 Å². The molecule has 0 aliphatic carbocycles. The number of carbonyl (C=O) groups is 1. The molecule has 1 atom stereocenters. The monoisotopic (exact) mass is 397 g/mol. The van der Waals surface area contributed by atoms with Crippen LogP contribution < -0.4 is 24.7 Å².